The molecular formula is C11H16N4S. The Balaban J connectivity index is 2.31. The van der Waals surface area contributed by atoms with Crippen molar-refractivity contribution in [2.45, 2.75) is 32.7 Å². The molecule has 2 aromatic heterocycles. The lowest BCUT2D eigenvalue weighted by molar-refractivity contribution is 0.655. The quantitative estimate of drug-likeness (QED) is 0.814. The van der Waals surface area contributed by atoms with Crippen LogP contribution >= 0.6 is 12.2 Å². The molecule has 4 nitrogen and oxygen atoms in total. The largest absolute Gasteiger partial charge is 0.328 e. The van der Waals surface area contributed by atoms with Gasteiger partial charge in [0.2, 0.25) is 0 Å². The summed E-state index contributed by atoms with van der Waals surface area (Å²) in [6.45, 7) is 4.39. The number of hydrogen-bond acceptors (Lipinski definition) is 2. The SMILES string of the molecule is CCc1nn(C)c2c1[nH]c(=S)n2C1CC1C. The molecule has 0 aromatic carbocycles. The van der Waals surface area contributed by atoms with Crippen molar-refractivity contribution in [1.29, 1.82) is 0 Å². The number of fused-ring (bicyclic) bond motifs is 1. The Hall–Kier alpha value is -1.10. The maximum atomic E-state index is 5.41. The van der Waals surface area contributed by atoms with Gasteiger partial charge in [-0.05, 0) is 31.0 Å². The smallest absolute Gasteiger partial charge is 0.179 e. The summed E-state index contributed by atoms with van der Waals surface area (Å²) in [5.74, 6) is 0.741. The van der Waals surface area contributed by atoms with Crippen molar-refractivity contribution in [3.8, 4) is 0 Å². The van der Waals surface area contributed by atoms with Crippen molar-refractivity contribution in [1.82, 2.24) is 19.3 Å². The van der Waals surface area contributed by atoms with Crippen LogP contribution in [0.1, 0.15) is 32.0 Å². The van der Waals surface area contributed by atoms with Gasteiger partial charge in [-0.1, -0.05) is 13.8 Å². The van der Waals surface area contributed by atoms with Crippen LogP contribution in [0, 0.1) is 10.7 Å². The number of H-pyrrole nitrogens is 1. The maximum Gasteiger partial charge on any atom is 0.179 e. The Morgan fingerprint density at radius 2 is 2.25 bits per heavy atom. The van der Waals surface area contributed by atoms with E-state index in [2.05, 4.69) is 28.5 Å². The first-order chi connectivity index (χ1) is 7.63. The van der Waals surface area contributed by atoms with E-state index in [9.17, 15) is 0 Å². The average Bonchev–Trinajstić information content (AvgIpc) is 2.71. The number of hydrogen-bond donors (Lipinski definition) is 1. The summed E-state index contributed by atoms with van der Waals surface area (Å²) < 4.78 is 5.03. The van der Waals surface area contributed by atoms with Gasteiger partial charge >= 0.3 is 0 Å². The third kappa shape index (κ3) is 1.21. The second-order valence-electron chi connectivity index (χ2n) is 4.70. The van der Waals surface area contributed by atoms with Gasteiger partial charge in [0.05, 0.1) is 5.69 Å². The highest BCUT2D eigenvalue weighted by Gasteiger charge is 2.36. The number of imidazole rings is 1. The summed E-state index contributed by atoms with van der Waals surface area (Å²) in [6.07, 6.45) is 2.17. The zero-order valence-corrected chi connectivity index (χ0v) is 10.6. The number of nitrogens with zero attached hydrogens (tertiary/aromatic N) is 3. The van der Waals surface area contributed by atoms with Crippen molar-refractivity contribution in [2.75, 3.05) is 0 Å². The molecule has 1 aliphatic carbocycles. The summed E-state index contributed by atoms with van der Waals surface area (Å²) in [5, 5.41) is 4.52. The van der Waals surface area contributed by atoms with Crippen LogP contribution in [-0.2, 0) is 13.5 Å². The number of rotatable bonds is 2. The molecule has 1 N–H and O–H groups in total. The molecule has 2 heterocycles. The highest BCUT2D eigenvalue weighted by atomic mass is 32.1. The van der Waals surface area contributed by atoms with Gasteiger partial charge in [-0.15, -0.1) is 0 Å². The summed E-state index contributed by atoms with van der Waals surface area (Å²) in [5.41, 5.74) is 3.38. The van der Waals surface area contributed by atoms with Gasteiger partial charge in [-0.25, -0.2) is 0 Å². The Kier molecular flexibility index (Phi) is 2.01. The Labute approximate surface area is 99.3 Å². The van der Waals surface area contributed by atoms with E-state index >= 15 is 0 Å². The third-order valence-corrected chi connectivity index (χ3v) is 3.80. The van der Waals surface area contributed by atoms with Crippen LogP contribution in [0.15, 0.2) is 0 Å². The van der Waals surface area contributed by atoms with Gasteiger partial charge in [0, 0.05) is 13.1 Å². The van der Waals surface area contributed by atoms with Crippen molar-refractivity contribution in [3.63, 3.8) is 0 Å². The normalized spacial score (nSPS) is 24.2. The number of nitrogens with one attached hydrogen (secondary N) is 1. The Morgan fingerprint density at radius 1 is 1.56 bits per heavy atom. The first kappa shape index (κ1) is 10.1. The maximum absolute atomic E-state index is 5.41. The van der Waals surface area contributed by atoms with E-state index in [0.29, 0.717) is 6.04 Å². The van der Waals surface area contributed by atoms with Gasteiger partial charge in [-0.3, -0.25) is 9.25 Å². The van der Waals surface area contributed by atoms with E-state index in [1.165, 1.54) is 6.42 Å². The standard InChI is InChI=1S/C11H16N4S/c1-4-7-9-10(14(3)13-7)15(11(16)12-9)8-5-6(8)2/h6,8H,4-5H2,1-3H3,(H,12,16). The predicted molar refractivity (Wildman–Crippen MR) is 66.1 cm³/mol. The average molecular weight is 236 g/mol. The van der Waals surface area contributed by atoms with E-state index in [0.717, 1.165) is 34.0 Å². The topological polar surface area (TPSA) is 38.5 Å². The predicted octanol–water partition coefficient (Wildman–Crippen LogP) is 2.58. The lowest BCUT2D eigenvalue weighted by atomic mass is 10.3. The second-order valence-corrected chi connectivity index (χ2v) is 5.09. The van der Waals surface area contributed by atoms with Gasteiger partial charge < -0.3 is 4.98 Å². The fourth-order valence-corrected chi connectivity index (χ4v) is 2.78. The monoisotopic (exact) mass is 236 g/mol. The van der Waals surface area contributed by atoms with Gasteiger partial charge in [0.1, 0.15) is 5.52 Å². The van der Waals surface area contributed by atoms with E-state index in [4.69, 9.17) is 12.2 Å². The van der Waals surface area contributed by atoms with E-state index < -0.39 is 0 Å². The first-order valence-electron chi connectivity index (χ1n) is 5.79. The summed E-state index contributed by atoms with van der Waals surface area (Å²) in [4.78, 5) is 3.30. The minimum Gasteiger partial charge on any atom is -0.328 e. The molecule has 16 heavy (non-hydrogen) atoms. The molecule has 1 aliphatic rings. The summed E-state index contributed by atoms with van der Waals surface area (Å²) in [6, 6.07) is 0.571. The molecule has 5 heteroatoms. The third-order valence-electron chi connectivity index (χ3n) is 3.50. The highest BCUT2D eigenvalue weighted by Crippen LogP contribution is 2.44. The molecule has 0 spiro atoms. The van der Waals surface area contributed by atoms with Gasteiger partial charge in [0.25, 0.3) is 0 Å². The summed E-state index contributed by atoms with van der Waals surface area (Å²) >= 11 is 5.41. The number of aromatic nitrogens is 4. The van der Waals surface area contributed by atoms with Crippen LogP contribution in [-0.4, -0.2) is 19.3 Å². The van der Waals surface area contributed by atoms with Crippen LogP contribution in [0.4, 0.5) is 0 Å². The fourth-order valence-electron chi connectivity index (χ4n) is 2.45. The van der Waals surface area contributed by atoms with Crippen LogP contribution in [0.3, 0.4) is 0 Å². The van der Waals surface area contributed by atoms with E-state index in [1.807, 2.05) is 11.7 Å². The molecule has 0 aliphatic heterocycles. The fraction of sp³-hybridized carbons (Fsp3) is 0.636. The molecule has 3 rings (SSSR count). The molecule has 0 amide bonds. The minimum atomic E-state index is 0.571. The zero-order chi connectivity index (χ0) is 11.4. The molecule has 0 bridgehead atoms. The lowest BCUT2D eigenvalue weighted by Crippen LogP contribution is -2.02. The molecule has 2 aromatic rings. The van der Waals surface area contributed by atoms with Crippen molar-refractivity contribution < 1.29 is 0 Å². The molecule has 2 unspecified atom stereocenters. The molecule has 86 valence electrons. The lowest BCUT2D eigenvalue weighted by Gasteiger charge is -2.02. The molecular weight excluding hydrogens is 220 g/mol. The Morgan fingerprint density at radius 3 is 2.81 bits per heavy atom. The molecule has 0 saturated heterocycles. The van der Waals surface area contributed by atoms with Crippen LogP contribution in [0.5, 0.6) is 0 Å². The van der Waals surface area contributed by atoms with Gasteiger partial charge in [0.15, 0.2) is 10.4 Å². The van der Waals surface area contributed by atoms with Crippen LogP contribution < -0.4 is 0 Å². The number of aromatic amines is 1. The van der Waals surface area contributed by atoms with Crippen LogP contribution in [0.25, 0.3) is 11.2 Å². The highest BCUT2D eigenvalue weighted by molar-refractivity contribution is 7.71. The van der Waals surface area contributed by atoms with Crippen molar-refractivity contribution in [2.24, 2.45) is 13.0 Å². The zero-order valence-electron chi connectivity index (χ0n) is 9.82. The first-order valence-corrected chi connectivity index (χ1v) is 6.20. The van der Waals surface area contributed by atoms with Crippen molar-refractivity contribution in [3.05, 3.63) is 10.5 Å². The Bertz CT molecular complexity index is 603. The van der Waals surface area contributed by atoms with E-state index in [-0.39, 0.29) is 0 Å². The molecule has 0 radical (unpaired) electrons. The van der Waals surface area contributed by atoms with Crippen LogP contribution in [0.2, 0.25) is 0 Å². The second kappa shape index (κ2) is 3.20. The number of aryl methyl sites for hydroxylation is 2. The molecule has 2 atom stereocenters. The summed E-state index contributed by atoms with van der Waals surface area (Å²) in [7, 11) is 1.99. The van der Waals surface area contributed by atoms with Gasteiger partial charge in [-0.2, -0.15) is 5.10 Å². The molecule has 1 saturated carbocycles. The van der Waals surface area contributed by atoms with E-state index in [1.54, 1.807) is 0 Å². The minimum absolute atomic E-state index is 0.571. The molecule has 1 fully saturated rings. The van der Waals surface area contributed by atoms with Crippen molar-refractivity contribution >= 4 is 23.4 Å².